The molecule has 2 saturated carbocycles. The summed E-state index contributed by atoms with van der Waals surface area (Å²) in [5, 5.41) is 5.48. The molecule has 5 rings (SSSR count). The molecule has 2 heterocycles. The van der Waals surface area contributed by atoms with Crippen molar-refractivity contribution in [1.29, 1.82) is 0 Å². The van der Waals surface area contributed by atoms with Crippen molar-refractivity contribution in [3.8, 4) is 0 Å². The molecule has 2 atom stereocenters. The van der Waals surface area contributed by atoms with Crippen LogP contribution in [0.5, 0.6) is 0 Å². The minimum atomic E-state index is -3.00. The fourth-order valence-electron chi connectivity index (χ4n) is 4.51. The van der Waals surface area contributed by atoms with Crippen molar-refractivity contribution in [1.82, 2.24) is 15.3 Å². The van der Waals surface area contributed by atoms with Gasteiger partial charge in [-0.3, -0.25) is 4.79 Å². The zero-order valence-electron chi connectivity index (χ0n) is 21.4. The summed E-state index contributed by atoms with van der Waals surface area (Å²) < 4.78 is 86.2. The lowest BCUT2D eigenvalue weighted by Crippen LogP contribution is -2.45. The molecule has 1 saturated heterocycles. The minimum absolute atomic E-state index is 0.0269. The molecule has 1 aromatic carbocycles. The number of alkyl halides is 4. The first-order valence-corrected chi connectivity index (χ1v) is 12.8. The van der Waals surface area contributed by atoms with Crippen LogP contribution in [0.1, 0.15) is 85.7 Å². The van der Waals surface area contributed by atoms with Gasteiger partial charge in [-0.1, -0.05) is 18.2 Å². The molecule has 212 valence electrons. The van der Waals surface area contributed by atoms with Gasteiger partial charge in [0, 0.05) is 5.56 Å². The number of aryl methyl sites for hydroxylation is 1. The Labute approximate surface area is 221 Å². The van der Waals surface area contributed by atoms with E-state index in [-0.39, 0.29) is 60.6 Å². The second kappa shape index (κ2) is 10.9. The van der Waals surface area contributed by atoms with E-state index in [0.29, 0.717) is 12.8 Å². The fraction of sp³-hybridized carbons (Fsp3) is 0.577. The van der Waals surface area contributed by atoms with Crippen molar-refractivity contribution >= 4 is 11.7 Å². The molecule has 1 unspecified atom stereocenters. The highest BCUT2D eigenvalue weighted by molar-refractivity contribution is 5.84. The molecule has 39 heavy (non-hydrogen) atoms. The molecule has 1 aliphatic heterocycles. The van der Waals surface area contributed by atoms with Crippen LogP contribution in [-0.4, -0.2) is 47.2 Å². The highest BCUT2D eigenvalue weighted by Crippen LogP contribution is 2.43. The van der Waals surface area contributed by atoms with Crippen LogP contribution in [0.2, 0.25) is 0 Å². The van der Waals surface area contributed by atoms with Crippen molar-refractivity contribution in [2.75, 3.05) is 18.5 Å². The number of rotatable bonds is 11. The van der Waals surface area contributed by atoms with E-state index in [0.717, 1.165) is 6.07 Å². The van der Waals surface area contributed by atoms with Gasteiger partial charge in [-0.25, -0.2) is 31.9 Å². The monoisotopic (exact) mass is 556 g/mol. The van der Waals surface area contributed by atoms with Crippen LogP contribution in [0, 0.1) is 12.7 Å². The summed E-state index contributed by atoms with van der Waals surface area (Å²) in [6.45, 7) is 3.58. The average Bonchev–Trinajstić information content (AvgIpc) is 3.80. The van der Waals surface area contributed by atoms with Gasteiger partial charge in [0.25, 0.3) is 18.8 Å². The van der Waals surface area contributed by atoms with E-state index in [2.05, 4.69) is 20.6 Å². The molecule has 1 aromatic heterocycles. The lowest BCUT2D eigenvalue weighted by Gasteiger charge is -2.27. The second-order valence-corrected chi connectivity index (χ2v) is 10.1. The molecule has 2 aromatic rings. The van der Waals surface area contributed by atoms with E-state index in [1.807, 2.05) is 0 Å². The topological polar surface area (TPSA) is 94.6 Å². The van der Waals surface area contributed by atoms with Crippen molar-refractivity contribution < 1.29 is 41.0 Å². The van der Waals surface area contributed by atoms with Crippen LogP contribution in [0.15, 0.2) is 18.2 Å². The van der Waals surface area contributed by atoms with Crippen molar-refractivity contribution in [2.24, 2.45) is 0 Å². The van der Waals surface area contributed by atoms with E-state index < -0.39 is 54.1 Å². The molecular weight excluding hydrogens is 527 g/mol. The van der Waals surface area contributed by atoms with Crippen molar-refractivity contribution in [3.63, 3.8) is 0 Å². The molecule has 2 N–H and O–H groups in total. The maximum atomic E-state index is 14.9. The molecular formula is C26H29F5N4O4. The Balaban J connectivity index is 1.54. The number of hydrogen-bond donors (Lipinski definition) is 2. The number of aromatic nitrogens is 2. The number of amides is 1. The SMILES string of the molecule is Cc1nc(N[C@H](C)c2cccc(C(F)F)c2F)c(C2OCCO2)c(C(OC2CC2)C(=O)NC2(C(F)F)CC2)n1. The Morgan fingerprint density at radius 1 is 1.10 bits per heavy atom. The second-order valence-electron chi connectivity index (χ2n) is 10.1. The summed E-state index contributed by atoms with van der Waals surface area (Å²) in [7, 11) is 0. The highest BCUT2D eigenvalue weighted by Gasteiger charge is 2.53. The molecule has 0 bridgehead atoms. The van der Waals surface area contributed by atoms with Gasteiger partial charge in [0.2, 0.25) is 0 Å². The first-order valence-electron chi connectivity index (χ1n) is 12.8. The molecule has 2 aliphatic carbocycles. The first kappa shape index (κ1) is 27.7. The Morgan fingerprint density at radius 2 is 1.77 bits per heavy atom. The molecule has 3 fully saturated rings. The van der Waals surface area contributed by atoms with E-state index >= 15 is 0 Å². The predicted molar refractivity (Wildman–Crippen MR) is 128 cm³/mol. The Bertz CT molecular complexity index is 1220. The van der Waals surface area contributed by atoms with Crippen LogP contribution in [0.4, 0.5) is 27.8 Å². The van der Waals surface area contributed by atoms with Gasteiger partial charge < -0.3 is 24.8 Å². The van der Waals surface area contributed by atoms with Crippen LogP contribution in [0.25, 0.3) is 0 Å². The lowest BCUT2D eigenvalue weighted by atomic mass is 10.0. The van der Waals surface area contributed by atoms with E-state index in [4.69, 9.17) is 14.2 Å². The van der Waals surface area contributed by atoms with E-state index in [1.165, 1.54) is 12.1 Å². The summed E-state index contributed by atoms with van der Waals surface area (Å²) in [4.78, 5) is 22.3. The number of carbonyl (C=O) groups is 1. The smallest absolute Gasteiger partial charge is 0.266 e. The Morgan fingerprint density at radius 3 is 2.36 bits per heavy atom. The number of benzene rings is 1. The minimum Gasteiger partial charge on any atom is -0.363 e. The van der Waals surface area contributed by atoms with E-state index in [9.17, 15) is 26.7 Å². The largest absolute Gasteiger partial charge is 0.363 e. The van der Waals surface area contributed by atoms with Crippen LogP contribution < -0.4 is 10.6 Å². The summed E-state index contributed by atoms with van der Waals surface area (Å²) in [6, 6.07) is 2.87. The predicted octanol–water partition coefficient (Wildman–Crippen LogP) is 5.21. The maximum absolute atomic E-state index is 14.9. The third kappa shape index (κ3) is 5.85. The third-order valence-corrected chi connectivity index (χ3v) is 6.98. The quantitative estimate of drug-likeness (QED) is 0.367. The summed E-state index contributed by atoms with van der Waals surface area (Å²) in [6.07, 6.45) is -6.71. The number of hydrogen-bond acceptors (Lipinski definition) is 7. The summed E-state index contributed by atoms with van der Waals surface area (Å²) in [5.74, 6) is -1.50. The van der Waals surface area contributed by atoms with Gasteiger partial charge >= 0.3 is 0 Å². The standard InChI is InChI=1S/C26H29F5N4O4/c1-12(15-4-3-5-16(18(15)27)21(28)29)32-22-17(24-37-10-11-38-24)19(33-13(2)34-22)20(39-14-6-7-14)23(36)35-26(8-9-26)25(30)31/h3-5,12,14,20-21,24-25H,6-11H2,1-2H3,(H,35,36)(H,32,33,34)/t12-,20?/m1/s1. The third-order valence-electron chi connectivity index (χ3n) is 6.98. The maximum Gasteiger partial charge on any atom is 0.266 e. The number of halogens is 5. The summed E-state index contributed by atoms with van der Waals surface area (Å²) >= 11 is 0. The van der Waals surface area contributed by atoms with Crippen LogP contribution >= 0.6 is 0 Å². The van der Waals surface area contributed by atoms with Gasteiger partial charge in [-0.05, 0) is 39.5 Å². The summed E-state index contributed by atoms with van der Waals surface area (Å²) in [5.41, 5.74) is -2.10. The number of nitrogens with one attached hydrogen (secondary N) is 2. The zero-order chi connectivity index (χ0) is 27.9. The van der Waals surface area contributed by atoms with Gasteiger partial charge in [0.15, 0.2) is 12.4 Å². The molecule has 8 nitrogen and oxygen atoms in total. The molecule has 0 radical (unpaired) electrons. The molecule has 13 heteroatoms. The van der Waals surface area contributed by atoms with Gasteiger partial charge in [-0.15, -0.1) is 0 Å². The Hall–Kier alpha value is -2.90. The normalized spacial score (nSPS) is 20.3. The molecule has 3 aliphatic rings. The highest BCUT2D eigenvalue weighted by atomic mass is 19.3. The van der Waals surface area contributed by atoms with Gasteiger partial charge in [-0.2, -0.15) is 0 Å². The molecule has 0 spiro atoms. The van der Waals surface area contributed by atoms with Crippen LogP contribution in [0.3, 0.4) is 0 Å². The van der Waals surface area contributed by atoms with Crippen molar-refractivity contribution in [2.45, 2.75) is 82.5 Å². The lowest BCUT2D eigenvalue weighted by molar-refractivity contribution is -0.137. The zero-order valence-corrected chi connectivity index (χ0v) is 21.4. The number of anilines is 1. The van der Waals surface area contributed by atoms with E-state index in [1.54, 1.807) is 13.8 Å². The van der Waals surface area contributed by atoms with Gasteiger partial charge in [0.05, 0.1) is 42.2 Å². The average molecular weight is 557 g/mol. The molecule has 1 amide bonds. The first-order chi connectivity index (χ1) is 18.6. The number of ether oxygens (including phenoxy) is 3. The van der Waals surface area contributed by atoms with Gasteiger partial charge in [0.1, 0.15) is 23.0 Å². The fourth-order valence-corrected chi connectivity index (χ4v) is 4.51. The number of nitrogens with zero attached hydrogens (tertiary/aromatic N) is 2. The van der Waals surface area contributed by atoms with Crippen LogP contribution in [-0.2, 0) is 19.0 Å². The van der Waals surface area contributed by atoms with Crippen molar-refractivity contribution in [3.05, 3.63) is 52.2 Å². The Kier molecular flexibility index (Phi) is 7.75. The number of carbonyl (C=O) groups excluding carboxylic acids is 1.